The van der Waals surface area contributed by atoms with Crippen LogP contribution in [0.15, 0.2) is 0 Å². The molecule has 1 saturated carbocycles. The van der Waals surface area contributed by atoms with Gasteiger partial charge in [0.05, 0.1) is 0 Å². The number of nitrogens with one attached hydrogen (secondary N) is 1. The normalized spacial score (nSPS) is 26.1. The van der Waals surface area contributed by atoms with E-state index in [1.54, 1.807) is 0 Å². The fourth-order valence-corrected chi connectivity index (χ4v) is 3.00. The van der Waals surface area contributed by atoms with Crippen molar-refractivity contribution in [1.29, 1.82) is 0 Å². The zero-order valence-corrected chi connectivity index (χ0v) is 12.2. The summed E-state index contributed by atoms with van der Waals surface area (Å²) in [6.45, 7) is 6.53. The molecule has 1 aliphatic rings. The average Bonchev–Trinajstić information content (AvgIpc) is 2.28. The highest BCUT2D eigenvalue weighted by molar-refractivity contribution is 5.76. The molecular weight excluding hydrogens is 224 g/mol. The topological polar surface area (TPSA) is 55.1 Å². The summed E-state index contributed by atoms with van der Waals surface area (Å²) in [6, 6.07) is 0.609. The van der Waals surface area contributed by atoms with Gasteiger partial charge in [0.25, 0.3) is 0 Å². The Morgan fingerprint density at radius 2 is 1.94 bits per heavy atom. The maximum Gasteiger partial charge on any atom is 0.220 e. The van der Waals surface area contributed by atoms with Gasteiger partial charge in [-0.3, -0.25) is 4.79 Å². The van der Waals surface area contributed by atoms with E-state index in [4.69, 9.17) is 5.73 Å². The van der Waals surface area contributed by atoms with Crippen molar-refractivity contribution >= 4 is 5.91 Å². The summed E-state index contributed by atoms with van der Waals surface area (Å²) >= 11 is 0. The predicted octanol–water partition coefficient (Wildman–Crippen LogP) is 2.83. The van der Waals surface area contributed by atoms with Gasteiger partial charge >= 0.3 is 0 Å². The molecule has 0 aromatic carbocycles. The van der Waals surface area contributed by atoms with Crippen LogP contribution in [0.3, 0.4) is 0 Å². The highest BCUT2D eigenvalue weighted by Gasteiger charge is 2.28. The van der Waals surface area contributed by atoms with Gasteiger partial charge in [0.1, 0.15) is 0 Å². The van der Waals surface area contributed by atoms with Crippen LogP contribution in [0.4, 0.5) is 0 Å². The van der Waals surface area contributed by atoms with Crippen molar-refractivity contribution in [1.82, 2.24) is 5.32 Å². The van der Waals surface area contributed by atoms with E-state index < -0.39 is 0 Å². The van der Waals surface area contributed by atoms with E-state index in [1.165, 1.54) is 19.3 Å². The van der Waals surface area contributed by atoms with Gasteiger partial charge in [-0.2, -0.15) is 0 Å². The molecule has 1 amide bonds. The Hall–Kier alpha value is -0.570. The highest BCUT2D eigenvalue weighted by Crippen LogP contribution is 2.30. The molecule has 3 N–H and O–H groups in total. The lowest BCUT2D eigenvalue weighted by molar-refractivity contribution is -0.122. The molecule has 1 fully saturated rings. The van der Waals surface area contributed by atoms with Crippen LogP contribution in [0, 0.1) is 11.8 Å². The summed E-state index contributed by atoms with van der Waals surface area (Å²) < 4.78 is 0. The van der Waals surface area contributed by atoms with Crippen molar-refractivity contribution < 1.29 is 4.79 Å². The minimum Gasteiger partial charge on any atom is -0.353 e. The third-order valence-corrected chi connectivity index (χ3v) is 4.09. The molecule has 0 spiro atoms. The molecule has 0 aliphatic heterocycles. The minimum absolute atomic E-state index is 0.205. The largest absolute Gasteiger partial charge is 0.353 e. The number of carbonyl (C=O) groups is 1. The van der Waals surface area contributed by atoms with E-state index in [0.29, 0.717) is 24.3 Å². The SMILES string of the molecule is CC(N)CCCC(=O)NC1CCCCC1C(C)C. The Morgan fingerprint density at radius 3 is 2.56 bits per heavy atom. The Balaban J connectivity index is 2.32. The molecule has 0 aromatic heterocycles. The summed E-state index contributed by atoms with van der Waals surface area (Å²) in [5, 5.41) is 3.24. The van der Waals surface area contributed by atoms with Crippen molar-refractivity contribution in [2.75, 3.05) is 0 Å². The molecule has 1 aliphatic carbocycles. The first-order chi connectivity index (χ1) is 8.50. The van der Waals surface area contributed by atoms with E-state index in [-0.39, 0.29) is 11.9 Å². The van der Waals surface area contributed by atoms with Crippen LogP contribution in [0.2, 0.25) is 0 Å². The van der Waals surface area contributed by atoms with Crippen LogP contribution in [0.1, 0.15) is 65.7 Å². The number of hydrogen-bond donors (Lipinski definition) is 2. The molecule has 1 rings (SSSR count). The number of carbonyl (C=O) groups excluding carboxylic acids is 1. The van der Waals surface area contributed by atoms with Gasteiger partial charge in [-0.1, -0.05) is 26.7 Å². The Morgan fingerprint density at radius 1 is 1.28 bits per heavy atom. The molecule has 0 aromatic rings. The Bertz CT molecular complexity index is 251. The molecule has 0 bridgehead atoms. The molecule has 106 valence electrons. The Kier molecular flexibility index (Phi) is 6.69. The van der Waals surface area contributed by atoms with Crippen molar-refractivity contribution in [2.45, 2.75) is 77.8 Å². The number of hydrogen-bond acceptors (Lipinski definition) is 2. The highest BCUT2D eigenvalue weighted by atomic mass is 16.1. The summed E-state index contributed by atoms with van der Waals surface area (Å²) in [4.78, 5) is 11.9. The fraction of sp³-hybridized carbons (Fsp3) is 0.933. The van der Waals surface area contributed by atoms with E-state index in [2.05, 4.69) is 19.2 Å². The van der Waals surface area contributed by atoms with Crippen molar-refractivity contribution in [3.8, 4) is 0 Å². The predicted molar refractivity (Wildman–Crippen MR) is 76.2 cm³/mol. The van der Waals surface area contributed by atoms with Crippen molar-refractivity contribution in [3.05, 3.63) is 0 Å². The van der Waals surface area contributed by atoms with Crippen LogP contribution in [-0.4, -0.2) is 18.0 Å². The lowest BCUT2D eigenvalue weighted by atomic mass is 9.78. The smallest absolute Gasteiger partial charge is 0.220 e. The molecule has 3 heteroatoms. The maximum atomic E-state index is 11.9. The monoisotopic (exact) mass is 254 g/mol. The van der Waals surface area contributed by atoms with Crippen LogP contribution in [0.25, 0.3) is 0 Å². The second kappa shape index (κ2) is 7.78. The van der Waals surface area contributed by atoms with E-state index >= 15 is 0 Å². The summed E-state index contributed by atoms with van der Waals surface area (Å²) in [5.41, 5.74) is 5.69. The second-order valence-electron chi connectivity index (χ2n) is 6.24. The van der Waals surface area contributed by atoms with Gasteiger partial charge in [0, 0.05) is 18.5 Å². The van der Waals surface area contributed by atoms with E-state index in [0.717, 1.165) is 19.3 Å². The van der Waals surface area contributed by atoms with Gasteiger partial charge in [0.15, 0.2) is 0 Å². The molecule has 3 atom stereocenters. The molecule has 18 heavy (non-hydrogen) atoms. The average molecular weight is 254 g/mol. The van der Waals surface area contributed by atoms with Crippen LogP contribution in [-0.2, 0) is 4.79 Å². The summed E-state index contributed by atoms with van der Waals surface area (Å²) in [7, 11) is 0. The second-order valence-corrected chi connectivity index (χ2v) is 6.24. The molecule has 0 saturated heterocycles. The first-order valence-corrected chi connectivity index (χ1v) is 7.55. The molecule has 0 radical (unpaired) electrons. The minimum atomic E-state index is 0.205. The summed E-state index contributed by atoms with van der Waals surface area (Å²) in [5.74, 6) is 1.55. The first-order valence-electron chi connectivity index (χ1n) is 7.55. The van der Waals surface area contributed by atoms with Crippen LogP contribution < -0.4 is 11.1 Å². The number of rotatable bonds is 6. The van der Waals surface area contributed by atoms with Gasteiger partial charge in [-0.05, 0) is 44.4 Å². The van der Waals surface area contributed by atoms with Gasteiger partial charge in [0.2, 0.25) is 5.91 Å². The lowest BCUT2D eigenvalue weighted by Gasteiger charge is -2.35. The van der Waals surface area contributed by atoms with E-state index in [1.807, 2.05) is 6.92 Å². The van der Waals surface area contributed by atoms with Gasteiger partial charge in [-0.25, -0.2) is 0 Å². The molecule has 3 nitrogen and oxygen atoms in total. The van der Waals surface area contributed by atoms with Gasteiger partial charge in [-0.15, -0.1) is 0 Å². The van der Waals surface area contributed by atoms with Crippen molar-refractivity contribution in [2.24, 2.45) is 17.6 Å². The molecular formula is C15H30N2O. The van der Waals surface area contributed by atoms with E-state index in [9.17, 15) is 4.79 Å². The first kappa shape index (κ1) is 15.5. The van der Waals surface area contributed by atoms with Crippen LogP contribution in [0.5, 0.6) is 0 Å². The standard InChI is InChI=1S/C15H30N2O/c1-11(2)13-8-4-5-9-14(13)17-15(18)10-6-7-12(3)16/h11-14H,4-10,16H2,1-3H3,(H,17,18). The lowest BCUT2D eigenvalue weighted by Crippen LogP contribution is -2.43. The zero-order valence-electron chi connectivity index (χ0n) is 12.2. The summed E-state index contributed by atoms with van der Waals surface area (Å²) in [6.07, 6.45) is 7.47. The van der Waals surface area contributed by atoms with Crippen LogP contribution >= 0.6 is 0 Å². The molecule has 3 unspecified atom stereocenters. The quantitative estimate of drug-likeness (QED) is 0.766. The number of nitrogens with two attached hydrogens (primary N) is 1. The molecule has 0 heterocycles. The Labute approximate surface area is 112 Å². The third-order valence-electron chi connectivity index (χ3n) is 4.09. The fourth-order valence-electron chi connectivity index (χ4n) is 3.00. The van der Waals surface area contributed by atoms with Gasteiger partial charge < -0.3 is 11.1 Å². The number of amides is 1. The zero-order chi connectivity index (χ0) is 13.5. The van der Waals surface area contributed by atoms with Crippen molar-refractivity contribution in [3.63, 3.8) is 0 Å². The third kappa shape index (κ3) is 5.38. The maximum absolute atomic E-state index is 11.9.